The summed E-state index contributed by atoms with van der Waals surface area (Å²) in [6.07, 6.45) is 6.28. The number of methoxy groups -OCH3 is 1. The van der Waals surface area contributed by atoms with Crippen molar-refractivity contribution < 1.29 is 14.2 Å². The van der Waals surface area contributed by atoms with Crippen molar-refractivity contribution in [2.75, 3.05) is 20.3 Å². The van der Waals surface area contributed by atoms with Gasteiger partial charge in [-0.25, -0.2) is 0 Å². The Labute approximate surface area is 86.7 Å². The van der Waals surface area contributed by atoms with Gasteiger partial charge in [0.2, 0.25) is 0 Å². The van der Waals surface area contributed by atoms with Crippen molar-refractivity contribution in [3.8, 4) is 0 Å². The third-order valence-electron chi connectivity index (χ3n) is 2.46. The van der Waals surface area contributed by atoms with Gasteiger partial charge in [-0.05, 0) is 12.8 Å². The SMILES string of the molecule is CCCCCC[C@H]1OC[C@@H](COC)O1. The molecule has 0 radical (unpaired) electrons. The molecule has 0 amide bonds. The minimum atomic E-state index is 0.0204. The number of rotatable bonds is 7. The lowest BCUT2D eigenvalue weighted by Crippen LogP contribution is -2.17. The highest BCUT2D eigenvalue weighted by atomic mass is 16.7. The zero-order chi connectivity index (χ0) is 10.2. The standard InChI is InChI=1S/C11H22O3/c1-3-4-5-6-7-11-13-9-10(14-11)8-12-2/h10-11H,3-9H2,1-2H3/t10-,11+/m1/s1. The summed E-state index contributed by atoms with van der Waals surface area (Å²) in [6.45, 7) is 3.55. The zero-order valence-electron chi connectivity index (χ0n) is 9.33. The molecule has 14 heavy (non-hydrogen) atoms. The van der Waals surface area contributed by atoms with Crippen LogP contribution in [0.5, 0.6) is 0 Å². The molecule has 0 spiro atoms. The molecule has 1 rings (SSSR count). The Morgan fingerprint density at radius 1 is 1.29 bits per heavy atom. The summed E-state index contributed by atoms with van der Waals surface area (Å²) >= 11 is 0. The van der Waals surface area contributed by atoms with Gasteiger partial charge in [0, 0.05) is 7.11 Å². The van der Waals surface area contributed by atoms with Crippen LogP contribution in [0, 0.1) is 0 Å². The molecule has 2 atom stereocenters. The number of unbranched alkanes of at least 4 members (excludes halogenated alkanes) is 3. The van der Waals surface area contributed by atoms with E-state index in [1.807, 2.05) is 0 Å². The van der Waals surface area contributed by atoms with Crippen LogP contribution in [0.1, 0.15) is 39.0 Å². The Hall–Kier alpha value is -0.120. The van der Waals surface area contributed by atoms with Crippen molar-refractivity contribution >= 4 is 0 Å². The molecule has 1 aliphatic heterocycles. The van der Waals surface area contributed by atoms with E-state index in [-0.39, 0.29) is 12.4 Å². The van der Waals surface area contributed by atoms with E-state index in [0.717, 1.165) is 6.42 Å². The van der Waals surface area contributed by atoms with Gasteiger partial charge in [-0.2, -0.15) is 0 Å². The fraction of sp³-hybridized carbons (Fsp3) is 1.00. The third-order valence-corrected chi connectivity index (χ3v) is 2.46. The van der Waals surface area contributed by atoms with Gasteiger partial charge in [0.05, 0.1) is 13.2 Å². The lowest BCUT2D eigenvalue weighted by Gasteiger charge is -2.10. The molecular weight excluding hydrogens is 180 g/mol. The molecule has 1 heterocycles. The van der Waals surface area contributed by atoms with Gasteiger partial charge in [-0.3, -0.25) is 0 Å². The average Bonchev–Trinajstić information content (AvgIpc) is 2.61. The molecule has 1 saturated heterocycles. The molecular formula is C11H22O3. The van der Waals surface area contributed by atoms with E-state index >= 15 is 0 Å². The van der Waals surface area contributed by atoms with Crippen molar-refractivity contribution in [2.24, 2.45) is 0 Å². The molecule has 1 aliphatic rings. The van der Waals surface area contributed by atoms with Gasteiger partial charge in [-0.1, -0.05) is 26.2 Å². The first kappa shape index (κ1) is 12.0. The number of hydrogen-bond donors (Lipinski definition) is 0. The molecule has 0 aromatic heterocycles. The second kappa shape index (κ2) is 7.21. The van der Waals surface area contributed by atoms with Crippen molar-refractivity contribution in [1.29, 1.82) is 0 Å². The van der Waals surface area contributed by atoms with Crippen molar-refractivity contribution in [1.82, 2.24) is 0 Å². The zero-order valence-corrected chi connectivity index (χ0v) is 9.33. The van der Waals surface area contributed by atoms with Crippen LogP contribution in [0.15, 0.2) is 0 Å². The summed E-state index contributed by atoms with van der Waals surface area (Å²) in [4.78, 5) is 0. The summed E-state index contributed by atoms with van der Waals surface area (Å²) < 4.78 is 16.1. The minimum Gasteiger partial charge on any atom is -0.382 e. The third kappa shape index (κ3) is 4.40. The van der Waals surface area contributed by atoms with Crippen molar-refractivity contribution in [3.05, 3.63) is 0 Å². The predicted octanol–water partition coefficient (Wildman–Crippen LogP) is 2.34. The quantitative estimate of drug-likeness (QED) is 0.593. The van der Waals surface area contributed by atoms with E-state index in [1.165, 1.54) is 25.7 Å². The summed E-state index contributed by atoms with van der Waals surface area (Å²) in [7, 11) is 1.69. The van der Waals surface area contributed by atoms with Gasteiger partial charge in [-0.15, -0.1) is 0 Å². The molecule has 0 aromatic rings. The Bertz CT molecular complexity index is 138. The summed E-state index contributed by atoms with van der Waals surface area (Å²) in [5, 5.41) is 0. The van der Waals surface area contributed by atoms with Gasteiger partial charge in [0.15, 0.2) is 6.29 Å². The van der Waals surface area contributed by atoms with Crippen LogP contribution in [-0.4, -0.2) is 32.7 Å². The van der Waals surface area contributed by atoms with Gasteiger partial charge < -0.3 is 14.2 Å². The maximum Gasteiger partial charge on any atom is 0.158 e. The fourth-order valence-corrected chi connectivity index (χ4v) is 1.67. The van der Waals surface area contributed by atoms with E-state index in [4.69, 9.17) is 14.2 Å². The summed E-state index contributed by atoms with van der Waals surface area (Å²) in [5.74, 6) is 0. The van der Waals surface area contributed by atoms with Crippen LogP contribution in [0.2, 0.25) is 0 Å². The van der Waals surface area contributed by atoms with Crippen molar-refractivity contribution in [2.45, 2.75) is 51.4 Å². The molecule has 3 heteroatoms. The topological polar surface area (TPSA) is 27.7 Å². The molecule has 3 nitrogen and oxygen atoms in total. The number of ether oxygens (including phenoxy) is 3. The Kier molecular flexibility index (Phi) is 6.15. The maximum atomic E-state index is 5.63. The molecule has 0 bridgehead atoms. The van der Waals surface area contributed by atoms with E-state index in [2.05, 4.69) is 6.92 Å². The Morgan fingerprint density at radius 3 is 2.86 bits per heavy atom. The van der Waals surface area contributed by atoms with Gasteiger partial charge >= 0.3 is 0 Å². The first-order valence-electron chi connectivity index (χ1n) is 5.62. The fourth-order valence-electron chi connectivity index (χ4n) is 1.67. The van der Waals surface area contributed by atoms with Crippen LogP contribution in [-0.2, 0) is 14.2 Å². The predicted molar refractivity (Wildman–Crippen MR) is 55.2 cm³/mol. The van der Waals surface area contributed by atoms with Crippen molar-refractivity contribution in [3.63, 3.8) is 0 Å². The highest BCUT2D eigenvalue weighted by Gasteiger charge is 2.24. The van der Waals surface area contributed by atoms with Crippen LogP contribution in [0.3, 0.4) is 0 Å². The summed E-state index contributed by atoms with van der Waals surface area (Å²) in [5.41, 5.74) is 0. The second-order valence-electron chi connectivity index (χ2n) is 3.83. The molecule has 0 aliphatic carbocycles. The van der Waals surface area contributed by atoms with Gasteiger partial charge in [0.1, 0.15) is 6.10 Å². The van der Waals surface area contributed by atoms with Gasteiger partial charge in [0.25, 0.3) is 0 Å². The Morgan fingerprint density at radius 2 is 2.14 bits per heavy atom. The average molecular weight is 202 g/mol. The molecule has 0 N–H and O–H groups in total. The van der Waals surface area contributed by atoms with Crippen LogP contribution < -0.4 is 0 Å². The van der Waals surface area contributed by atoms with E-state index in [9.17, 15) is 0 Å². The molecule has 1 fully saturated rings. The first-order valence-corrected chi connectivity index (χ1v) is 5.62. The molecule has 84 valence electrons. The maximum absolute atomic E-state index is 5.63. The monoisotopic (exact) mass is 202 g/mol. The highest BCUT2D eigenvalue weighted by molar-refractivity contribution is 4.64. The number of hydrogen-bond acceptors (Lipinski definition) is 3. The summed E-state index contributed by atoms with van der Waals surface area (Å²) in [6, 6.07) is 0. The molecule has 0 unspecified atom stereocenters. The lowest BCUT2D eigenvalue weighted by atomic mass is 10.1. The smallest absolute Gasteiger partial charge is 0.158 e. The van der Waals surface area contributed by atoms with E-state index in [0.29, 0.717) is 13.2 Å². The Balaban J connectivity index is 1.98. The van der Waals surface area contributed by atoms with Crippen LogP contribution in [0.4, 0.5) is 0 Å². The van der Waals surface area contributed by atoms with Crippen LogP contribution in [0.25, 0.3) is 0 Å². The normalized spacial score (nSPS) is 27.0. The van der Waals surface area contributed by atoms with Crippen LogP contribution >= 0.6 is 0 Å². The second-order valence-corrected chi connectivity index (χ2v) is 3.83. The van der Waals surface area contributed by atoms with E-state index in [1.54, 1.807) is 7.11 Å². The largest absolute Gasteiger partial charge is 0.382 e. The highest BCUT2D eigenvalue weighted by Crippen LogP contribution is 2.17. The first-order chi connectivity index (χ1) is 6.86. The molecule has 0 saturated carbocycles. The minimum absolute atomic E-state index is 0.0204. The van der Waals surface area contributed by atoms with E-state index < -0.39 is 0 Å². The molecule has 0 aromatic carbocycles. The lowest BCUT2D eigenvalue weighted by molar-refractivity contribution is -0.0728.